The summed E-state index contributed by atoms with van der Waals surface area (Å²) in [5.74, 6) is -0.517. The molecule has 2 amide bonds. The summed E-state index contributed by atoms with van der Waals surface area (Å²) in [7, 11) is -3.83. The van der Waals surface area contributed by atoms with Crippen molar-refractivity contribution in [3.05, 3.63) is 47.0 Å². The highest BCUT2D eigenvalue weighted by Crippen LogP contribution is 2.33. The lowest BCUT2D eigenvalue weighted by molar-refractivity contribution is -0.121. The van der Waals surface area contributed by atoms with Gasteiger partial charge < -0.3 is 15.4 Å². The Balaban J connectivity index is 1.52. The van der Waals surface area contributed by atoms with Crippen LogP contribution >= 0.6 is 0 Å². The van der Waals surface area contributed by atoms with Crippen molar-refractivity contribution in [2.45, 2.75) is 38.5 Å². The Morgan fingerprint density at radius 2 is 1.88 bits per heavy atom. The van der Waals surface area contributed by atoms with Gasteiger partial charge in [0.15, 0.2) is 6.61 Å². The zero-order valence-corrected chi connectivity index (χ0v) is 19.2. The molecule has 2 aliphatic heterocycles. The molecule has 0 spiro atoms. The van der Waals surface area contributed by atoms with Crippen LogP contribution < -0.4 is 15.4 Å². The second-order valence-corrected chi connectivity index (χ2v) is 10.4. The van der Waals surface area contributed by atoms with E-state index in [9.17, 15) is 18.0 Å². The monoisotopic (exact) mass is 457 g/mol. The zero-order chi connectivity index (χ0) is 23.0. The molecule has 0 radical (unpaired) electrons. The number of hydrogen-bond acceptors (Lipinski definition) is 5. The van der Waals surface area contributed by atoms with E-state index in [1.807, 2.05) is 32.9 Å². The number of amides is 2. The number of benzene rings is 2. The van der Waals surface area contributed by atoms with Crippen molar-refractivity contribution in [2.75, 3.05) is 30.3 Å². The van der Waals surface area contributed by atoms with E-state index >= 15 is 0 Å². The fourth-order valence-electron chi connectivity index (χ4n) is 4.35. The molecule has 2 aliphatic rings. The molecule has 0 bridgehead atoms. The topological polar surface area (TPSA) is 105 Å². The third-order valence-corrected chi connectivity index (χ3v) is 7.76. The summed E-state index contributed by atoms with van der Waals surface area (Å²) in [5.41, 5.74) is 4.20. The second-order valence-electron chi connectivity index (χ2n) is 8.46. The molecule has 0 aliphatic carbocycles. The van der Waals surface area contributed by atoms with Gasteiger partial charge in [0.05, 0.1) is 16.5 Å². The predicted molar refractivity (Wildman–Crippen MR) is 121 cm³/mol. The maximum atomic E-state index is 13.3. The van der Waals surface area contributed by atoms with E-state index in [4.69, 9.17) is 4.74 Å². The van der Waals surface area contributed by atoms with E-state index in [1.165, 1.54) is 16.4 Å². The average Bonchev–Trinajstić information content (AvgIpc) is 2.75. The first-order chi connectivity index (χ1) is 15.1. The Hall–Kier alpha value is -2.91. The lowest BCUT2D eigenvalue weighted by Crippen LogP contribution is -2.43. The zero-order valence-electron chi connectivity index (χ0n) is 18.4. The smallest absolute Gasteiger partial charge is 0.262 e. The van der Waals surface area contributed by atoms with Crippen LogP contribution in [-0.2, 0) is 19.6 Å². The number of hydrogen-bond donors (Lipinski definition) is 2. The minimum absolute atomic E-state index is 0.0633. The van der Waals surface area contributed by atoms with Crippen molar-refractivity contribution in [1.82, 2.24) is 4.31 Å². The molecule has 2 heterocycles. The van der Waals surface area contributed by atoms with E-state index in [2.05, 4.69) is 10.6 Å². The van der Waals surface area contributed by atoms with Crippen LogP contribution in [0.1, 0.15) is 29.5 Å². The summed E-state index contributed by atoms with van der Waals surface area (Å²) in [6.45, 7) is 6.26. The first-order valence-corrected chi connectivity index (χ1v) is 12.0. The van der Waals surface area contributed by atoms with Crippen LogP contribution in [0.5, 0.6) is 5.75 Å². The number of carbonyl (C=O) groups excluding carboxylic acids is 2. The van der Waals surface area contributed by atoms with Crippen LogP contribution in [-0.4, -0.2) is 44.2 Å². The normalized spacial score (nSPS) is 19.0. The Labute approximate surface area is 188 Å². The van der Waals surface area contributed by atoms with Crippen LogP contribution in [0.2, 0.25) is 0 Å². The number of anilines is 2. The number of nitrogens with one attached hydrogen (secondary N) is 2. The summed E-state index contributed by atoms with van der Waals surface area (Å²) in [4.78, 5) is 24.6. The van der Waals surface area contributed by atoms with Gasteiger partial charge in [-0.1, -0.05) is 17.7 Å². The number of rotatable bonds is 4. The van der Waals surface area contributed by atoms with Gasteiger partial charge in [-0.3, -0.25) is 9.59 Å². The molecule has 2 aromatic rings. The molecule has 170 valence electrons. The van der Waals surface area contributed by atoms with Crippen LogP contribution in [0, 0.1) is 26.7 Å². The molecule has 1 fully saturated rings. The molecule has 2 aromatic carbocycles. The fourth-order valence-corrected chi connectivity index (χ4v) is 5.90. The van der Waals surface area contributed by atoms with Gasteiger partial charge in [-0.2, -0.15) is 4.31 Å². The van der Waals surface area contributed by atoms with Crippen LogP contribution in [0.4, 0.5) is 11.4 Å². The Morgan fingerprint density at radius 1 is 1.16 bits per heavy atom. The van der Waals surface area contributed by atoms with E-state index in [0.29, 0.717) is 30.8 Å². The summed E-state index contributed by atoms with van der Waals surface area (Å²) in [5, 5.41) is 5.64. The minimum atomic E-state index is -3.83. The molecule has 0 saturated carbocycles. The standard InChI is InChI=1S/C23H27N3O5S/c1-14-9-15(2)22(16(3)10-14)25-23(28)17-5-4-8-26(12-17)32(29,30)18-6-7-20-19(11-18)24-21(27)13-31-20/h6-7,9-11,17H,4-5,8,12-13H2,1-3H3,(H,24,27)(H,25,28)/t17-/m0/s1. The van der Waals surface area contributed by atoms with E-state index in [1.54, 1.807) is 6.07 Å². The summed E-state index contributed by atoms with van der Waals surface area (Å²) >= 11 is 0. The maximum absolute atomic E-state index is 13.3. The highest BCUT2D eigenvalue weighted by molar-refractivity contribution is 7.89. The predicted octanol–water partition coefficient (Wildman–Crippen LogP) is 2.98. The number of nitrogens with zero attached hydrogens (tertiary/aromatic N) is 1. The van der Waals surface area contributed by atoms with Gasteiger partial charge in [-0.25, -0.2) is 8.42 Å². The average molecular weight is 458 g/mol. The maximum Gasteiger partial charge on any atom is 0.262 e. The van der Waals surface area contributed by atoms with Gasteiger partial charge in [-0.15, -0.1) is 0 Å². The number of sulfonamides is 1. The molecular weight excluding hydrogens is 430 g/mol. The summed E-state index contributed by atoms with van der Waals surface area (Å²) < 4.78 is 33.2. The number of fused-ring (bicyclic) bond motifs is 1. The molecule has 9 heteroatoms. The lowest BCUT2D eigenvalue weighted by Gasteiger charge is -2.31. The van der Waals surface area contributed by atoms with Gasteiger partial charge in [0.25, 0.3) is 5.91 Å². The lowest BCUT2D eigenvalue weighted by atomic mass is 9.98. The Bertz CT molecular complexity index is 1170. The molecule has 0 aromatic heterocycles. The molecule has 1 saturated heterocycles. The van der Waals surface area contributed by atoms with Crippen molar-refractivity contribution < 1.29 is 22.7 Å². The SMILES string of the molecule is Cc1cc(C)c(NC(=O)[C@H]2CCCN(S(=O)(=O)c3ccc4c(c3)NC(=O)CO4)C2)c(C)c1. The van der Waals surface area contributed by atoms with Crippen molar-refractivity contribution in [3.63, 3.8) is 0 Å². The molecular formula is C23H27N3O5S. The van der Waals surface area contributed by atoms with Gasteiger partial charge in [-0.05, 0) is 62.9 Å². The number of carbonyl (C=O) groups is 2. The molecule has 32 heavy (non-hydrogen) atoms. The Kier molecular flexibility index (Phi) is 5.96. The van der Waals surface area contributed by atoms with E-state index in [0.717, 1.165) is 22.4 Å². The molecule has 2 N–H and O–H groups in total. The number of aryl methyl sites for hydroxylation is 3. The van der Waals surface area contributed by atoms with Crippen LogP contribution in [0.25, 0.3) is 0 Å². The van der Waals surface area contributed by atoms with Crippen molar-refractivity contribution in [2.24, 2.45) is 5.92 Å². The van der Waals surface area contributed by atoms with Gasteiger partial charge in [0, 0.05) is 18.8 Å². The van der Waals surface area contributed by atoms with Gasteiger partial charge in [0.1, 0.15) is 5.75 Å². The minimum Gasteiger partial charge on any atom is -0.482 e. The summed E-state index contributed by atoms with van der Waals surface area (Å²) in [6.07, 6.45) is 1.21. The Morgan fingerprint density at radius 3 is 2.59 bits per heavy atom. The molecule has 8 nitrogen and oxygen atoms in total. The third kappa shape index (κ3) is 4.35. The van der Waals surface area contributed by atoms with Crippen LogP contribution in [0.3, 0.4) is 0 Å². The summed E-state index contributed by atoms with van der Waals surface area (Å²) in [6, 6.07) is 8.44. The molecule has 1 atom stereocenters. The third-order valence-electron chi connectivity index (χ3n) is 5.90. The molecule has 0 unspecified atom stereocenters. The largest absolute Gasteiger partial charge is 0.482 e. The van der Waals surface area contributed by atoms with Gasteiger partial charge in [0.2, 0.25) is 15.9 Å². The first kappa shape index (κ1) is 22.3. The fraction of sp³-hybridized carbons (Fsp3) is 0.391. The highest BCUT2D eigenvalue weighted by Gasteiger charge is 2.34. The quantitative estimate of drug-likeness (QED) is 0.734. The first-order valence-electron chi connectivity index (χ1n) is 10.6. The molecule has 4 rings (SSSR count). The van der Waals surface area contributed by atoms with Gasteiger partial charge >= 0.3 is 0 Å². The van der Waals surface area contributed by atoms with Crippen molar-refractivity contribution >= 4 is 33.2 Å². The van der Waals surface area contributed by atoms with Crippen LogP contribution in [0.15, 0.2) is 35.2 Å². The van der Waals surface area contributed by atoms with E-state index in [-0.39, 0.29) is 29.9 Å². The second kappa shape index (κ2) is 8.55. The van der Waals surface area contributed by atoms with Crippen molar-refractivity contribution in [3.8, 4) is 5.75 Å². The number of piperidine rings is 1. The van der Waals surface area contributed by atoms with Crippen molar-refractivity contribution in [1.29, 1.82) is 0 Å². The van der Waals surface area contributed by atoms with E-state index < -0.39 is 15.9 Å². The highest BCUT2D eigenvalue weighted by atomic mass is 32.2. The number of ether oxygens (including phenoxy) is 1.